The molecule has 1 aromatic rings. The molecule has 0 aliphatic carbocycles. The highest BCUT2D eigenvalue weighted by atomic mass is 16.6. The summed E-state index contributed by atoms with van der Waals surface area (Å²) in [5, 5.41) is 9.66. The molecule has 116 valence electrons. The smallest absolute Gasteiger partial charge is 0.306 e. The molecule has 3 rings (SSSR count). The van der Waals surface area contributed by atoms with Crippen LogP contribution in [-0.2, 0) is 9.53 Å². The number of hydrogen-bond donors (Lipinski definition) is 1. The second-order valence-corrected chi connectivity index (χ2v) is 5.37. The highest BCUT2D eigenvalue weighted by Gasteiger charge is 2.40. The average Bonchev–Trinajstić information content (AvgIpc) is 3.01. The van der Waals surface area contributed by atoms with Crippen molar-refractivity contribution in [2.24, 2.45) is 5.92 Å². The molecule has 0 aromatic heterocycles. The summed E-state index contributed by atoms with van der Waals surface area (Å²) >= 11 is 0. The Kier molecular flexibility index (Phi) is 3.62. The molecular weight excluding hydrogens is 288 g/mol. The highest BCUT2D eigenvalue weighted by molar-refractivity contribution is 6.14. The summed E-state index contributed by atoms with van der Waals surface area (Å²) < 4.78 is 16.0. The predicted molar refractivity (Wildman–Crippen MR) is 75.7 cm³/mol. The minimum Gasteiger partial charge on any atom is -0.496 e. The Bertz CT molecular complexity index is 675. The van der Waals surface area contributed by atoms with Crippen molar-refractivity contribution in [2.75, 3.05) is 13.7 Å². The summed E-state index contributed by atoms with van der Waals surface area (Å²) in [5.74, 6) is -0.0255. The maximum Gasteiger partial charge on any atom is 0.306 e. The number of aliphatic hydroxyl groups excluding tert-OH is 1. The van der Waals surface area contributed by atoms with Gasteiger partial charge in [0.05, 0.1) is 20.1 Å². The molecular formula is C16H16O6. The third-order valence-corrected chi connectivity index (χ3v) is 3.92. The van der Waals surface area contributed by atoms with Gasteiger partial charge in [0.2, 0.25) is 5.78 Å². The van der Waals surface area contributed by atoms with E-state index in [0.29, 0.717) is 22.6 Å². The van der Waals surface area contributed by atoms with Crippen molar-refractivity contribution in [2.45, 2.75) is 19.4 Å². The molecule has 1 fully saturated rings. The van der Waals surface area contributed by atoms with Crippen LogP contribution in [0.5, 0.6) is 11.5 Å². The van der Waals surface area contributed by atoms with Gasteiger partial charge in [-0.05, 0) is 12.1 Å². The Morgan fingerprint density at radius 3 is 2.77 bits per heavy atom. The van der Waals surface area contributed by atoms with E-state index < -0.39 is 12.7 Å². The van der Waals surface area contributed by atoms with Crippen LogP contribution < -0.4 is 9.47 Å². The normalized spacial score (nSPS) is 25.6. The number of aliphatic hydroxyl groups is 1. The maximum absolute atomic E-state index is 12.6. The molecule has 6 nitrogen and oxygen atoms in total. The number of fused-ring (bicyclic) bond motifs is 1. The van der Waals surface area contributed by atoms with E-state index in [4.69, 9.17) is 14.2 Å². The Hall–Kier alpha value is -2.34. The highest BCUT2D eigenvalue weighted by Crippen LogP contribution is 2.40. The van der Waals surface area contributed by atoms with Crippen molar-refractivity contribution in [3.63, 3.8) is 0 Å². The average molecular weight is 304 g/mol. The first-order valence-corrected chi connectivity index (χ1v) is 6.99. The van der Waals surface area contributed by atoms with Gasteiger partial charge in [-0.25, -0.2) is 0 Å². The topological polar surface area (TPSA) is 82.1 Å². The molecule has 2 aliphatic heterocycles. The van der Waals surface area contributed by atoms with Crippen LogP contribution in [0, 0.1) is 5.92 Å². The molecule has 0 amide bonds. The number of benzene rings is 1. The van der Waals surface area contributed by atoms with Crippen LogP contribution >= 0.6 is 0 Å². The second-order valence-electron chi connectivity index (χ2n) is 5.37. The standard InChI is InChI=1S/C16H16O6/c1-8-6-12(18)22-15(8)9(7-17)16-14(19)13-10(20-2)4-3-5-11(13)21-16/h3-5,8,15,17H,6-7H2,1-2H3/b16-9-/t8-,15-/m1/s1. The van der Waals surface area contributed by atoms with Gasteiger partial charge in [0, 0.05) is 11.5 Å². The first kappa shape index (κ1) is 14.6. The molecule has 1 N–H and O–H groups in total. The maximum atomic E-state index is 12.6. The number of rotatable bonds is 3. The van der Waals surface area contributed by atoms with Gasteiger partial charge in [-0.2, -0.15) is 0 Å². The number of cyclic esters (lactones) is 1. The molecule has 1 saturated heterocycles. The van der Waals surface area contributed by atoms with E-state index >= 15 is 0 Å². The lowest BCUT2D eigenvalue weighted by molar-refractivity contribution is -0.140. The number of hydrogen-bond acceptors (Lipinski definition) is 6. The minimum absolute atomic E-state index is 0.0218. The van der Waals surface area contributed by atoms with Gasteiger partial charge in [-0.3, -0.25) is 9.59 Å². The first-order valence-electron chi connectivity index (χ1n) is 6.99. The zero-order chi connectivity index (χ0) is 15.9. The summed E-state index contributed by atoms with van der Waals surface area (Å²) in [4.78, 5) is 24.0. The monoisotopic (exact) mass is 304 g/mol. The molecule has 0 radical (unpaired) electrons. The first-order chi connectivity index (χ1) is 10.6. The van der Waals surface area contributed by atoms with Crippen molar-refractivity contribution in [1.29, 1.82) is 0 Å². The number of esters is 1. The molecule has 6 heteroatoms. The van der Waals surface area contributed by atoms with Crippen LogP contribution in [0.15, 0.2) is 29.5 Å². The summed E-state index contributed by atoms with van der Waals surface area (Å²) in [5.41, 5.74) is 0.615. The van der Waals surface area contributed by atoms with Gasteiger partial charge in [0.25, 0.3) is 0 Å². The molecule has 0 bridgehead atoms. The van der Waals surface area contributed by atoms with E-state index in [9.17, 15) is 14.7 Å². The van der Waals surface area contributed by atoms with E-state index in [1.807, 2.05) is 6.92 Å². The quantitative estimate of drug-likeness (QED) is 0.672. The van der Waals surface area contributed by atoms with Crippen LogP contribution in [0.1, 0.15) is 23.7 Å². The zero-order valence-corrected chi connectivity index (χ0v) is 12.3. The lowest BCUT2D eigenvalue weighted by Gasteiger charge is -2.17. The Morgan fingerprint density at radius 1 is 1.41 bits per heavy atom. The van der Waals surface area contributed by atoms with E-state index in [1.165, 1.54) is 7.11 Å². The van der Waals surface area contributed by atoms with Crippen molar-refractivity contribution in [3.8, 4) is 11.5 Å². The molecule has 1 aromatic carbocycles. The fourth-order valence-electron chi connectivity index (χ4n) is 2.85. The van der Waals surface area contributed by atoms with Gasteiger partial charge < -0.3 is 19.3 Å². The lowest BCUT2D eigenvalue weighted by atomic mass is 9.95. The van der Waals surface area contributed by atoms with Crippen LogP contribution in [0.25, 0.3) is 0 Å². The largest absolute Gasteiger partial charge is 0.496 e. The lowest BCUT2D eigenvalue weighted by Crippen LogP contribution is -2.23. The fourth-order valence-corrected chi connectivity index (χ4v) is 2.85. The fraction of sp³-hybridized carbons (Fsp3) is 0.375. The summed E-state index contributed by atoms with van der Waals surface area (Å²) in [6.07, 6.45) is -0.386. The molecule has 2 atom stereocenters. The molecule has 0 saturated carbocycles. The van der Waals surface area contributed by atoms with Gasteiger partial charge >= 0.3 is 5.97 Å². The third-order valence-electron chi connectivity index (χ3n) is 3.92. The van der Waals surface area contributed by atoms with Crippen molar-refractivity contribution in [1.82, 2.24) is 0 Å². The number of carbonyl (C=O) groups is 2. The van der Waals surface area contributed by atoms with Gasteiger partial charge in [0.15, 0.2) is 5.76 Å². The zero-order valence-electron chi connectivity index (χ0n) is 12.3. The van der Waals surface area contributed by atoms with E-state index in [0.717, 1.165) is 0 Å². The van der Waals surface area contributed by atoms with Crippen LogP contribution in [0.4, 0.5) is 0 Å². The summed E-state index contributed by atoms with van der Waals surface area (Å²) in [7, 11) is 1.47. The van der Waals surface area contributed by atoms with E-state index in [2.05, 4.69) is 0 Å². The molecule has 0 spiro atoms. The minimum atomic E-state index is -0.642. The molecule has 22 heavy (non-hydrogen) atoms. The van der Waals surface area contributed by atoms with Crippen molar-refractivity contribution in [3.05, 3.63) is 35.1 Å². The Labute approximate surface area is 127 Å². The van der Waals surface area contributed by atoms with E-state index in [1.54, 1.807) is 18.2 Å². The number of ketones is 1. The van der Waals surface area contributed by atoms with Crippen LogP contribution in [-0.4, -0.2) is 36.7 Å². The Balaban J connectivity index is 2.05. The number of ether oxygens (including phenoxy) is 3. The van der Waals surface area contributed by atoms with Crippen molar-refractivity contribution < 1.29 is 28.9 Å². The van der Waals surface area contributed by atoms with Gasteiger partial charge in [0.1, 0.15) is 23.2 Å². The van der Waals surface area contributed by atoms with Crippen molar-refractivity contribution >= 4 is 11.8 Å². The summed E-state index contributed by atoms with van der Waals surface area (Å²) in [6.45, 7) is 1.42. The third kappa shape index (κ3) is 2.16. The van der Waals surface area contributed by atoms with Crippen LogP contribution in [0.2, 0.25) is 0 Å². The number of methoxy groups -OCH3 is 1. The van der Waals surface area contributed by atoms with Gasteiger partial charge in [-0.1, -0.05) is 13.0 Å². The molecule has 2 aliphatic rings. The number of allylic oxidation sites excluding steroid dienone is 1. The molecule has 0 unspecified atom stereocenters. The summed E-state index contributed by atoms with van der Waals surface area (Å²) in [6, 6.07) is 5.03. The SMILES string of the molecule is COc1cccc2c1C(=O)/C(=C(\CO)[C@@H]1OC(=O)C[C@H]1C)O2. The second kappa shape index (κ2) is 5.46. The van der Waals surface area contributed by atoms with Gasteiger partial charge in [-0.15, -0.1) is 0 Å². The number of carbonyl (C=O) groups excluding carboxylic acids is 2. The van der Waals surface area contributed by atoms with E-state index in [-0.39, 0.29) is 29.9 Å². The number of Topliss-reactive ketones (excluding diaryl/α,β-unsaturated/α-hetero) is 1. The molecule has 2 heterocycles. The Morgan fingerprint density at radius 2 is 2.18 bits per heavy atom. The predicted octanol–water partition coefficient (Wildman–Crippen LogP) is 1.47. The van der Waals surface area contributed by atoms with Crippen LogP contribution in [0.3, 0.4) is 0 Å².